The van der Waals surface area contributed by atoms with Crippen molar-refractivity contribution in [3.05, 3.63) is 131 Å². The van der Waals surface area contributed by atoms with Gasteiger partial charge in [-0.05, 0) is 24.3 Å². The van der Waals surface area contributed by atoms with Crippen molar-refractivity contribution in [2.24, 2.45) is 0 Å². The third kappa shape index (κ3) is 4.06. The Morgan fingerprint density at radius 1 is 0.543 bits per heavy atom. The van der Waals surface area contributed by atoms with Crippen LogP contribution < -0.4 is 9.47 Å². The second-order valence-electron chi connectivity index (χ2n) is 7.91. The summed E-state index contributed by atoms with van der Waals surface area (Å²) in [6.07, 6.45) is 0. The molecule has 0 aromatic heterocycles. The van der Waals surface area contributed by atoms with Crippen LogP contribution in [0.3, 0.4) is 0 Å². The van der Waals surface area contributed by atoms with Gasteiger partial charge in [0.15, 0.2) is 5.78 Å². The third-order valence-corrected chi connectivity index (χ3v) is 5.85. The third-order valence-electron chi connectivity index (χ3n) is 5.85. The minimum absolute atomic E-state index is 0. The Morgan fingerprint density at radius 2 is 1.00 bits per heavy atom. The van der Waals surface area contributed by atoms with Crippen molar-refractivity contribution in [3.8, 4) is 23.0 Å². The molecule has 0 heterocycles. The van der Waals surface area contributed by atoms with Gasteiger partial charge in [0.2, 0.25) is 0 Å². The normalized spacial score (nSPS) is 11.9. The summed E-state index contributed by atoms with van der Waals surface area (Å²) in [6, 6.07) is 33.7. The maximum atomic E-state index is 13.8. The van der Waals surface area contributed by atoms with Crippen LogP contribution in [0.25, 0.3) is 10.8 Å². The van der Waals surface area contributed by atoms with Gasteiger partial charge in [0.1, 0.15) is 28.8 Å². The fourth-order valence-corrected chi connectivity index (χ4v) is 4.32. The molecule has 0 atom stereocenters. The number of para-hydroxylation sites is 2. The first-order valence-electron chi connectivity index (χ1n) is 10.9. The molecule has 35 heavy (non-hydrogen) atoms. The van der Waals surface area contributed by atoms with E-state index >= 15 is 0 Å². The van der Waals surface area contributed by atoms with Crippen molar-refractivity contribution in [1.82, 2.24) is 0 Å². The molecule has 1 aliphatic carbocycles. The predicted octanol–water partition coefficient (Wildman–Crippen LogP) is 7.00. The Hall–Kier alpha value is -3.36. The number of rotatable bonds is 4. The molecule has 0 bridgehead atoms. The van der Waals surface area contributed by atoms with Gasteiger partial charge in [0.05, 0.1) is 11.1 Å². The largest absolute Gasteiger partial charge is 0.456 e. The molecule has 5 heteroatoms. The van der Waals surface area contributed by atoms with E-state index in [0.717, 1.165) is 0 Å². The number of benzene rings is 5. The monoisotopic (exact) mass is 593 g/mol. The van der Waals surface area contributed by atoms with Crippen LogP contribution in [0.2, 0.25) is 0 Å². The van der Waals surface area contributed by atoms with Crippen molar-refractivity contribution >= 4 is 22.3 Å². The van der Waals surface area contributed by atoms with E-state index in [1.54, 1.807) is 18.2 Å². The summed E-state index contributed by atoms with van der Waals surface area (Å²) in [5.41, 5.74) is 1.04. The Bertz CT molecular complexity index is 1460. The molecule has 0 radical (unpaired) electrons. The molecule has 0 unspecified atom stereocenters. The summed E-state index contributed by atoms with van der Waals surface area (Å²) in [5.74, 6) is 1.24. The zero-order valence-electron chi connectivity index (χ0n) is 18.4. The quantitative estimate of drug-likeness (QED) is 0.207. The van der Waals surface area contributed by atoms with Crippen LogP contribution in [-0.4, -0.2) is 11.6 Å². The van der Waals surface area contributed by atoms with Gasteiger partial charge in [-0.3, -0.25) is 4.79 Å². The molecule has 0 amide bonds. The van der Waals surface area contributed by atoms with E-state index in [-0.39, 0.29) is 63.1 Å². The average Bonchev–Trinajstić information content (AvgIpc) is 2.89. The van der Waals surface area contributed by atoms with Crippen molar-refractivity contribution in [3.63, 3.8) is 0 Å². The molecule has 168 valence electrons. The summed E-state index contributed by atoms with van der Waals surface area (Å²) < 4.78 is 12.6. The first-order valence-corrected chi connectivity index (χ1v) is 10.9. The van der Waals surface area contributed by atoms with Crippen LogP contribution in [0, 0.1) is 46.5 Å². The number of carbonyl (C=O) groups excluding carboxylic acids is 2. The Kier molecular flexibility index (Phi) is 6.49. The Morgan fingerprint density at radius 3 is 1.51 bits per heavy atom. The van der Waals surface area contributed by atoms with Crippen LogP contribution in [0.15, 0.2) is 103 Å². The van der Waals surface area contributed by atoms with Gasteiger partial charge in [-0.2, -0.15) is 24.3 Å². The second kappa shape index (κ2) is 9.71. The number of hydrogen-bond donors (Lipinski definition) is 0. The molecule has 5 aromatic carbocycles. The van der Waals surface area contributed by atoms with Crippen molar-refractivity contribution in [2.45, 2.75) is 0 Å². The van der Waals surface area contributed by atoms with Crippen LogP contribution in [-0.2, 0) is 0 Å². The van der Waals surface area contributed by atoms with Gasteiger partial charge >= 0.3 is 0 Å². The van der Waals surface area contributed by atoms with E-state index in [9.17, 15) is 9.59 Å². The standard InChI is InChI=1S/C30H17O4.Sm/c31-27-21-15-7-8-16-22(21)28(32)26-25(27)29(33-19-11-3-1-4-12-19)23-17-9-10-18-24(23)30(26)34-20-13-5-2-6-14-20;/h1-7,9-18H;/q-1;. The Balaban J connectivity index is 0.00000253. The van der Waals surface area contributed by atoms with E-state index < -0.39 is 0 Å². The number of ether oxygens (including phenoxy) is 2. The minimum atomic E-state index is -0.295. The molecule has 0 saturated carbocycles. The molecule has 4 nitrogen and oxygen atoms in total. The van der Waals surface area contributed by atoms with Crippen LogP contribution in [0.4, 0.5) is 0 Å². The fraction of sp³-hybridized carbons (Fsp3) is 0. The molecule has 0 aliphatic heterocycles. The molecule has 0 saturated heterocycles. The van der Waals surface area contributed by atoms with Gasteiger partial charge in [-0.25, -0.2) is 0 Å². The molecule has 0 spiro atoms. The molecule has 5 aromatic rings. The van der Waals surface area contributed by atoms with E-state index in [1.807, 2.05) is 84.9 Å². The van der Waals surface area contributed by atoms with E-state index in [2.05, 4.69) is 6.07 Å². The summed E-state index contributed by atoms with van der Waals surface area (Å²) in [5, 5.41) is 1.36. The van der Waals surface area contributed by atoms with Gasteiger partial charge in [-0.15, -0.1) is 0 Å². The van der Waals surface area contributed by atoms with Gasteiger partial charge in [0, 0.05) is 51.2 Å². The summed E-state index contributed by atoms with van der Waals surface area (Å²) in [6.45, 7) is 0. The van der Waals surface area contributed by atoms with Gasteiger partial charge in [-0.1, -0.05) is 71.8 Å². The molecular weight excluding hydrogens is 575 g/mol. The maximum Gasteiger partial charge on any atom is 0.174 e. The number of fused-ring (bicyclic) bond motifs is 3. The number of ketones is 2. The summed E-state index contributed by atoms with van der Waals surface area (Å²) in [7, 11) is 0. The van der Waals surface area contributed by atoms with Crippen LogP contribution in [0.5, 0.6) is 23.0 Å². The predicted molar refractivity (Wildman–Crippen MR) is 129 cm³/mol. The molecule has 1 aliphatic rings. The van der Waals surface area contributed by atoms with Crippen molar-refractivity contribution in [2.75, 3.05) is 0 Å². The second-order valence-corrected chi connectivity index (χ2v) is 7.91. The molecule has 0 N–H and O–H groups in total. The van der Waals surface area contributed by atoms with E-state index in [4.69, 9.17) is 9.47 Å². The SMILES string of the molecule is O=C1c2c[c-]ccc2C(=O)c2c1c(Oc1ccccc1)c1ccccc1c2Oc1ccccc1.[Sm]. The zero-order valence-corrected chi connectivity index (χ0v) is 21.0. The first-order chi connectivity index (χ1) is 16.7. The van der Waals surface area contributed by atoms with Crippen LogP contribution in [0.1, 0.15) is 31.8 Å². The maximum absolute atomic E-state index is 13.8. The van der Waals surface area contributed by atoms with E-state index in [0.29, 0.717) is 44.9 Å². The van der Waals surface area contributed by atoms with E-state index in [1.165, 1.54) is 0 Å². The van der Waals surface area contributed by atoms with Crippen molar-refractivity contribution in [1.29, 1.82) is 0 Å². The summed E-state index contributed by atoms with van der Waals surface area (Å²) in [4.78, 5) is 27.6. The minimum Gasteiger partial charge on any atom is -0.456 e. The van der Waals surface area contributed by atoms with Crippen LogP contribution >= 0.6 is 0 Å². The first kappa shape index (κ1) is 23.4. The van der Waals surface area contributed by atoms with Gasteiger partial charge < -0.3 is 14.3 Å². The topological polar surface area (TPSA) is 52.6 Å². The Labute approximate surface area is 234 Å². The fourth-order valence-electron chi connectivity index (χ4n) is 4.32. The molecule has 6 rings (SSSR count). The molecule has 0 fully saturated rings. The summed E-state index contributed by atoms with van der Waals surface area (Å²) >= 11 is 0. The van der Waals surface area contributed by atoms with Crippen molar-refractivity contribution < 1.29 is 59.5 Å². The number of hydrogen-bond acceptors (Lipinski definition) is 4. The molecular formula is C30H17O4Sm-. The zero-order chi connectivity index (χ0) is 23.1. The van der Waals surface area contributed by atoms with Gasteiger partial charge in [0.25, 0.3) is 0 Å². The average molecular weight is 592 g/mol. The number of carbonyl (C=O) groups is 2. The smallest absolute Gasteiger partial charge is 0.174 e.